The molecule has 0 spiro atoms. The number of rotatable bonds is 6. The van der Waals surface area contributed by atoms with Crippen LogP contribution in [0.3, 0.4) is 0 Å². The van der Waals surface area contributed by atoms with Crippen molar-refractivity contribution in [3.05, 3.63) is 78.3 Å². The second kappa shape index (κ2) is 9.03. The zero-order chi connectivity index (χ0) is 24.6. The second-order valence-electron chi connectivity index (χ2n) is 8.85. The molecule has 182 valence electrons. The Morgan fingerprint density at radius 3 is 2.69 bits per heavy atom. The van der Waals surface area contributed by atoms with Gasteiger partial charge in [0.25, 0.3) is 5.91 Å². The third-order valence-corrected chi connectivity index (χ3v) is 6.52. The Bertz CT molecular complexity index is 1460. The van der Waals surface area contributed by atoms with Gasteiger partial charge in [-0.15, -0.1) is 0 Å². The average molecular weight is 484 g/mol. The van der Waals surface area contributed by atoms with Crippen molar-refractivity contribution in [1.82, 2.24) is 4.98 Å². The van der Waals surface area contributed by atoms with Crippen molar-refractivity contribution in [1.29, 1.82) is 0 Å². The summed E-state index contributed by atoms with van der Waals surface area (Å²) in [5, 5.41) is 0.577. The molecule has 1 saturated carbocycles. The highest BCUT2D eigenvalue weighted by atomic mass is 16.5. The Morgan fingerprint density at radius 1 is 1.06 bits per heavy atom. The van der Waals surface area contributed by atoms with Crippen LogP contribution in [0.5, 0.6) is 11.5 Å². The molecule has 8 nitrogen and oxygen atoms in total. The number of ether oxygens (including phenoxy) is 2. The van der Waals surface area contributed by atoms with E-state index in [-0.39, 0.29) is 18.2 Å². The van der Waals surface area contributed by atoms with Gasteiger partial charge in [-0.25, -0.2) is 9.78 Å². The molecule has 0 radical (unpaired) electrons. The maximum Gasteiger partial charge on any atom is 0.342 e. The summed E-state index contributed by atoms with van der Waals surface area (Å²) in [6.07, 6.45) is 5.35. The number of benzene rings is 2. The summed E-state index contributed by atoms with van der Waals surface area (Å²) < 4.78 is 16.8. The van der Waals surface area contributed by atoms with Gasteiger partial charge in [0, 0.05) is 30.7 Å². The van der Waals surface area contributed by atoms with Gasteiger partial charge in [0.2, 0.25) is 0 Å². The monoisotopic (exact) mass is 483 g/mol. The molecule has 2 aliphatic rings. The number of nitrogens with zero attached hydrogens (tertiary/aromatic N) is 3. The highest BCUT2D eigenvalue weighted by Crippen LogP contribution is 2.41. The number of fused-ring (bicyclic) bond motifs is 2. The fourth-order valence-electron chi connectivity index (χ4n) is 4.69. The summed E-state index contributed by atoms with van der Waals surface area (Å²) in [5.41, 5.74) is 3.05. The summed E-state index contributed by atoms with van der Waals surface area (Å²) in [4.78, 5) is 34.6. The zero-order valence-electron chi connectivity index (χ0n) is 19.8. The molecule has 1 amide bonds. The molecule has 1 aliphatic carbocycles. The van der Waals surface area contributed by atoms with E-state index in [1.54, 1.807) is 48.4 Å². The van der Waals surface area contributed by atoms with Crippen molar-refractivity contribution < 1.29 is 23.5 Å². The number of pyridine rings is 1. The molecule has 0 unspecified atom stereocenters. The van der Waals surface area contributed by atoms with Crippen LogP contribution in [0, 0.1) is 0 Å². The molecule has 0 N–H and O–H groups in total. The maximum absolute atomic E-state index is 13.7. The number of hydrogen-bond acceptors (Lipinski definition) is 7. The lowest BCUT2D eigenvalue weighted by Crippen LogP contribution is -2.45. The van der Waals surface area contributed by atoms with E-state index in [4.69, 9.17) is 13.9 Å². The highest BCUT2D eigenvalue weighted by Gasteiger charge is 2.36. The number of aromatic nitrogens is 1. The van der Waals surface area contributed by atoms with Gasteiger partial charge in [-0.05, 0) is 62.2 Å². The minimum absolute atomic E-state index is 0.218. The topological polar surface area (TPSA) is 85.1 Å². The van der Waals surface area contributed by atoms with Gasteiger partial charge in [0.05, 0.1) is 18.0 Å². The van der Waals surface area contributed by atoms with Crippen LogP contribution in [0.2, 0.25) is 0 Å². The van der Waals surface area contributed by atoms with Crippen molar-refractivity contribution in [2.24, 2.45) is 0 Å². The Hall–Kier alpha value is -4.33. The van der Waals surface area contributed by atoms with Crippen LogP contribution >= 0.6 is 0 Å². The molecule has 8 heteroatoms. The Morgan fingerprint density at radius 2 is 1.89 bits per heavy atom. The van der Waals surface area contributed by atoms with Gasteiger partial charge in [-0.1, -0.05) is 12.1 Å². The van der Waals surface area contributed by atoms with Gasteiger partial charge < -0.3 is 23.7 Å². The van der Waals surface area contributed by atoms with E-state index in [0.29, 0.717) is 40.6 Å². The van der Waals surface area contributed by atoms with Crippen molar-refractivity contribution in [3.63, 3.8) is 0 Å². The quantitative estimate of drug-likeness (QED) is 0.338. The van der Waals surface area contributed by atoms with E-state index in [1.165, 1.54) is 19.1 Å². The van der Waals surface area contributed by atoms with Gasteiger partial charge >= 0.3 is 5.97 Å². The Labute approximate surface area is 208 Å². The minimum Gasteiger partial charge on any atom is -0.463 e. The van der Waals surface area contributed by atoms with Crippen molar-refractivity contribution >= 4 is 34.2 Å². The highest BCUT2D eigenvalue weighted by molar-refractivity contribution is 6.09. The molecule has 36 heavy (non-hydrogen) atoms. The standard InChI is InChI=1S/C28H25N3O5/c1-2-34-28(33)21-17-35-24-12-11-19(16-20(21)24)36-25-8-5-13-29-26(25)27(32)31-15-14-30(18-9-10-18)22-6-3-4-7-23(22)31/h3-8,11-13,16-18H,2,9-10,14-15H2,1H3. The van der Waals surface area contributed by atoms with Crippen LogP contribution in [-0.4, -0.2) is 42.6 Å². The van der Waals surface area contributed by atoms with E-state index in [9.17, 15) is 9.59 Å². The fourth-order valence-corrected chi connectivity index (χ4v) is 4.69. The van der Waals surface area contributed by atoms with Crippen molar-refractivity contribution in [2.45, 2.75) is 25.8 Å². The number of para-hydroxylation sites is 2. The number of amides is 1. The molecule has 0 saturated heterocycles. The van der Waals surface area contributed by atoms with Crippen molar-refractivity contribution in [2.75, 3.05) is 29.5 Å². The van der Waals surface area contributed by atoms with Gasteiger partial charge in [0.1, 0.15) is 23.2 Å². The Balaban J connectivity index is 1.31. The van der Waals surface area contributed by atoms with Crippen LogP contribution in [0.1, 0.15) is 40.6 Å². The minimum atomic E-state index is -0.463. The van der Waals surface area contributed by atoms with Crippen LogP contribution < -0.4 is 14.5 Å². The number of furan rings is 1. The van der Waals surface area contributed by atoms with Crippen molar-refractivity contribution in [3.8, 4) is 11.5 Å². The second-order valence-corrected chi connectivity index (χ2v) is 8.85. The van der Waals surface area contributed by atoms with E-state index < -0.39 is 5.97 Å². The van der Waals surface area contributed by atoms with Gasteiger partial charge in [-0.2, -0.15) is 0 Å². The smallest absolute Gasteiger partial charge is 0.342 e. The maximum atomic E-state index is 13.7. The summed E-state index contributed by atoms with van der Waals surface area (Å²) in [5.74, 6) is 0.111. The lowest BCUT2D eigenvalue weighted by Gasteiger charge is -2.38. The number of anilines is 2. The predicted molar refractivity (Wildman–Crippen MR) is 135 cm³/mol. The summed E-state index contributed by atoms with van der Waals surface area (Å²) in [6.45, 7) is 3.37. The zero-order valence-corrected chi connectivity index (χ0v) is 19.8. The lowest BCUT2D eigenvalue weighted by molar-refractivity contribution is 0.0527. The first-order chi connectivity index (χ1) is 17.6. The van der Waals surface area contributed by atoms with Crippen LogP contribution in [0.25, 0.3) is 11.0 Å². The van der Waals surface area contributed by atoms with Gasteiger partial charge in [-0.3, -0.25) is 4.79 Å². The molecular formula is C28H25N3O5. The van der Waals surface area contributed by atoms with E-state index >= 15 is 0 Å². The van der Waals surface area contributed by atoms with Gasteiger partial charge in [0.15, 0.2) is 11.4 Å². The first-order valence-electron chi connectivity index (χ1n) is 12.1. The fraction of sp³-hybridized carbons (Fsp3) is 0.250. The summed E-state index contributed by atoms with van der Waals surface area (Å²) in [6, 6.07) is 17.2. The molecule has 0 bridgehead atoms. The lowest BCUT2D eigenvalue weighted by atomic mass is 10.1. The largest absolute Gasteiger partial charge is 0.463 e. The third kappa shape index (κ3) is 3.94. The number of hydrogen-bond donors (Lipinski definition) is 0. The molecule has 3 heterocycles. The van der Waals surface area contributed by atoms with E-state index in [1.807, 2.05) is 18.2 Å². The van der Waals surface area contributed by atoms with E-state index in [0.717, 1.165) is 17.9 Å². The molecule has 1 fully saturated rings. The number of carbonyl (C=O) groups excluding carboxylic acids is 2. The third-order valence-electron chi connectivity index (χ3n) is 6.52. The van der Waals surface area contributed by atoms with Crippen LogP contribution in [0.15, 0.2) is 71.5 Å². The molecule has 0 atom stereocenters. The molecule has 2 aromatic carbocycles. The average Bonchev–Trinajstić information content (AvgIpc) is 3.66. The number of carbonyl (C=O) groups is 2. The predicted octanol–water partition coefficient (Wildman–Crippen LogP) is 5.43. The molecular weight excluding hydrogens is 458 g/mol. The molecule has 2 aromatic heterocycles. The van der Waals surface area contributed by atoms with E-state index in [2.05, 4.69) is 16.0 Å². The number of esters is 1. The summed E-state index contributed by atoms with van der Waals surface area (Å²) in [7, 11) is 0. The SMILES string of the molecule is CCOC(=O)c1coc2ccc(Oc3cccnc3C(=O)N3CCN(C4CC4)c4ccccc43)cc12. The summed E-state index contributed by atoms with van der Waals surface area (Å²) >= 11 is 0. The van der Waals surface area contributed by atoms with Crippen LogP contribution in [-0.2, 0) is 4.74 Å². The molecule has 1 aliphatic heterocycles. The normalized spacial score (nSPS) is 15.0. The van der Waals surface area contributed by atoms with Crippen LogP contribution in [0.4, 0.5) is 11.4 Å². The first-order valence-corrected chi connectivity index (χ1v) is 12.1. The molecule has 4 aromatic rings. The first kappa shape index (κ1) is 22.2. The molecule has 6 rings (SSSR count). The Kier molecular flexibility index (Phi) is 5.56.